The smallest absolute Gasteiger partial charge is 0.0571 e. The third-order valence-electron chi connectivity index (χ3n) is 5.20. The summed E-state index contributed by atoms with van der Waals surface area (Å²) in [5, 5.41) is 5.43. The first kappa shape index (κ1) is 16.0. The van der Waals surface area contributed by atoms with E-state index in [0.717, 1.165) is 13.0 Å². The van der Waals surface area contributed by atoms with Gasteiger partial charge in [0.05, 0.1) is 5.52 Å². The lowest BCUT2D eigenvalue weighted by molar-refractivity contribution is 0.592. The highest BCUT2D eigenvalue weighted by molar-refractivity contribution is 6.17. The second-order valence-electron chi connectivity index (χ2n) is 6.84. The summed E-state index contributed by atoms with van der Waals surface area (Å²) in [4.78, 5) is 0. The summed E-state index contributed by atoms with van der Waals surface area (Å²) in [6.45, 7) is 4.90. The highest BCUT2D eigenvalue weighted by Gasteiger charge is 2.12. The maximum absolute atomic E-state index is 3.81. The van der Waals surface area contributed by atoms with Crippen LogP contribution in [0.15, 0.2) is 73.3 Å². The molecule has 0 atom stereocenters. The molecule has 1 aromatic heterocycles. The van der Waals surface area contributed by atoms with Crippen LogP contribution in [-0.4, -0.2) is 4.57 Å². The lowest BCUT2D eigenvalue weighted by atomic mass is 10.1. The molecule has 0 radical (unpaired) electrons. The molecule has 1 nitrogen and oxygen atoms in total. The minimum atomic E-state index is 1.09. The van der Waals surface area contributed by atoms with E-state index in [2.05, 4.69) is 71.8 Å². The molecule has 4 rings (SSSR count). The van der Waals surface area contributed by atoms with Gasteiger partial charge in [-0.25, -0.2) is 0 Å². The molecule has 25 heavy (non-hydrogen) atoms. The van der Waals surface area contributed by atoms with Crippen LogP contribution in [0.5, 0.6) is 0 Å². The fraction of sp³-hybridized carbons (Fsp3) is 0.250. The van der Waals surface area contributed by atoms with Gasteiger partial charge in [0.1, 0.15) is 0 Å². The third-order valence-corrected chi connectivity index (χ3v) is 5.20. The standard InChI is InChI=1S/C24H25N/c1-2-3-4-5-6-11-18-25-23-15-10-9-14-21(23)22-17-16-19-12-7-8-13-20(19)24(22)25/h2,7-10,12-17H,1,3-6,11,18H2. The molecule has 0 amide bonds. The first-order valence-corrected chi connectivity index (χ1v) is 9.40. The molecule has 0 saturated heterocycles. The van der Waals surface area contributed by atoms with Crippen LogP contribution in [-0.2, 0) is 6.54 Å². The molecule has 0 fully saturated rings. The minimum absolute atomic E-state index is 1.09. The Morgan fingerprint density at radius 2 is 1.48 bits per heavy atom. The van der Waals surface area contributed by atoms with Crippen molar-refractivity contribution < 1.29 is 0 Å². The molecule has 0 unspecified atom stereocenters. The predicted octanol–water partition coefficient (Wildman–Crippen LogP) is 7.08. The van der Waals surface area contributed by atoms with Crippen LogP contribution in [0.3, 0.4) is 0 Å². The van der Waals surface area contributed by atoms with Gasteiger partial charge in [0, 0.05) is 28.2 Å². The average molecular weight is 327 g/mol. The van der Waals surface area contributed by atoms with Gasteiger partial charge in [-0.3, -0.25) is 0 Å². The molecule has 3 aromatic carbocycles. The Labute approximate surface area is 149 Å². The summed E-state index contributed by atoms with van der Waals surface area (Å²) in [7, 11) is 0. The molecule has 4 aromatic rings. The van der Waals surface area contributed by atoms with Crippen LogP contribution < -0.4 is 0 Å². The van der Waals surface area contributed by atoms with Gasteiger partial charge < -0.3 is 4.57 Å². The fourth-order valence-electron chi connectivity index (χ4n) is 3.96. The Morgan fingerprint density at radius 1 is 0.720 bits per heavy atom. The molecule has 0 aliphatic heterocycles. The zero-order valence-electron chi connectivity index (χ0n) is 14.7. The van der Waals surface area contributed by atoms with Crippen LogP contribution in [0.2, 0.25) is 0 Å². The number of rotatable bonds is 7. The summed E-state index contributed by atoms with van der Waals surface area (Å²) >= 11 is 0. The van der Waals surface area contributed by atoms with Crippen molar-refractivity contribution in [2.24, 2.45) is 0 Å². The molecular formula is C24H25N. The predicted molar refractivity (Wildman–Crippen MR) is 110 cm³/mol. The molecular weight excluding hydrogens is 302 g/mol. The van der Waals surface area contributed by atoms with Crippen molar-refractivity contribution in [3.05, 3.63) is 73.3 Å². The summed E-state index contributed by atoms with van der Waals surface area (Å²) in [6, 6.07) is 22.1. The molecule has 1 heterocycles. The fourth-order valence-corrected chi connectivity index (χ4v) is 3.96. The molecule has 0 N–H and O–H groups in total. The number of unbranched alkanes of at least 4 members (excludes halogenated alkanes) is 4. The second-order valence-corrected chi connectivity index (χ2v) is 6.84. The zero-order chi connectivity index (χ0) is 17.1. The van der Waals surface area contributed by atoms with E-state index in [1.165, 1.54) is 58.3 Å². The highest BCUT2D eigenvalue weighted by atomic mass is 15.0. The topological polar surface area (TPSA) is 4.93 Å². The highest BCUT2D eigenvalue weighted by Crippen LogP contribution is 2.34. The van der Waals surface area contributed by atoms with E-state index in [1.54, 1.807) is 0 Å². The van der Waals surface area contributed by atoms with E-state index in [1.807, 2.05) is 6.08 Å². The van der Waals surface area contributed by atoms with Crippen LogP contribution in [0.25, 0.3) is 32.6 Å². The molecule has 0 spiro atoms. The van der Waals surface area contributed by atoms with Gasteiger partial charge in [-0.15, -0.1) is 6.58 Å². The number of para-hydroxylation sites is 1. The zero-order valence-corrected chi connectivity index (χ0v) is 14.7. The number of fused-ring (bicyclic) bond motifs is 5. The van der Waals surface area contributed by atoms with E-state index < -0.39 is 0 Å². The second kappa shape index (κ2) is 7.14. The number of aryl methyl sites for hydroxylation is 1. The van der Waals surface area contributed by atoms with Gasteiger partial charge in [-0.1, -0.05) is 73.5 Å². The summed E-state index contributed by atoms with van der Waals surface area (Å²) in [5.74, 6) is 0. The van der Waals surface area contributed by atoms with Crippen molar-refractivity contribution in [2.75, 3.05) is 0 Å². The van der Waals surface area contributed by atoms with Gasteiger partial charge in [0.15, 0.2) is 0 Å². The van der Waals surface area contributed by atoms with Gasteiger partial charge >= 0.3 is 0 Å². The van der Waals surface area contributed by atoms with Gasteiger partial charge in [0.25, 0.3) is 0 Å². The van der Waals surface area contributed by atoms with Gasteiger partial charge in [-0.2, -0.15) is 0 Å². The van der Waals surface area contributed by atoms with E-state index >= 15 is 0 Å². The van der Waals surface area contributed by atoms with E-state index in [4.69, 9.17) is 0 Å². The Hall–Kier alpha value is -2.54. The molecule has 126 valence electrons. The number of allylic oxidation sites excluding steroid dienone is 1. The number of hydrogen-bond donors (Lipinski definition) is 0. The largest absolute Gasteiger partial charge is 0.340 e. The van der Waals surface area contributed by atoms with Gasteiger partial charge in [0.2, 0.25) is 0 Å². The van der Waals surface area contributed by atoms with Crippen molar-refractivity contribution in [2.45, 2.75) is 38.6 Å². The quantitative estimate of drug-likeness (QED) is 0.252. The Balaban J connectivity index is 1.77. The lowest BCUT2D eigenvalue weighted by Gasteiger charge is -2.09. The summed E-state index contributed by atoms with van der Waals surface area (Å²) in [5.41, 5.74) is 2.75. The van der Waals surface area contributed by atoms with E-state index in [9.17, 15) is 0 Å². The molecule has 0 aliphatic rings. The molecule has 0 bridgehead atoms. The number of nitrogens with zero attached hydrogens (tertiary/aromatic N) is 1. The van der Waals surface area contributed by atoms with Gasteiger partial charge in [-0.05, 0) is 30.7 Å². The van der Waals surface area contributed by atoms with Crippen LogP contribution in [0.4, 0.5) is 0 Å². The Kier molecular flexibility index (Phi) is 4.56. The summed E-state index contributed by atoms with van der Waals surface area (Å²) in [6.07, 6.45) is 8.24. The van der Waals surface area contributed by atoms with Crippen molar-refractivity contribution in [3.63, 3.8) is 0 Å². The van der Waals surface area contributed by atoms with E-state index in [0.29, 0.717) is 0 Å². The molecule has 1 heteroatoms. The van der Waals surface area contributed by atoms with Crippen molar-refractivity contribution in [1.29, 1.82) is 0 Å². The van der Waals surface area contributed by atoms with Crippen molar-refractivity contribution in [1.82, 2.24) is 4.57 Å². The van der Waals surface area contributed by atoms with Crippen LogP contribution in [0, 0.1) is 0 Å². The maximum Gasteiger partial charge on any atom is 0.0571 e. The molecule has 0 aliphatic carbocycles. The molecule has 0 saturated carbocycles. The lowest BCUT2D eigenvalue weighted by Crippen LogP contribution is -1.98. The summed E-state index contributed by atoms with van der Waals surface area (Å²) < 4.78 is 2.54. The van der Waals surface area contributed by atoms with Crippen molar-refractivity contribution in [3.8, 4) is 0 Å². The van der Waals surface area contributed by atoms with Crippen LogP contribution in [0.1, 0.15) is 32.1 Å². The van der Waals surface area contributed by atoms with Crippen LogP contribution >= 0.6 is 0 Å². The minimum Gasteiger partial charge on any atom is -0.340 e. The normalized spacial score (nSPS) is 11.5. The van der Waals surface area contributed by atoms with Crippen molar-refractivity contribution >= 4 is 32.6 Å². The SMILES string of the molecule is C=CCCCCCCn1c2ccccc2c2ccc3ccccc3c21. The third kappa shape index (κ3) is 2.95. The number of aromatic nitrogens is 1. The monoisotopic (exact) mass is 327 g/mol. The maximum atomic E-state index is 3.81. The average Bonchev–Trinajstić information content (AvgIpc) is 2.99. The number of benzene rings is 3. The first-order valence-electron chi connectivity index (χ1n) is 9.40. The Bertz CT molecular complexity index is 1020. The first-order chi connectivity index (χ1) is 12.4. The van der Waals surface area contributed by atoms with E-state index in [-0.39, 0.29) is 0 Å². The Morgan fingerprint density at radius 3 is 2.36 bits per heavy atom. The number of hydrogen-bond acceptors (Lipinski definition) is 0.